The fourth-order valence-electron chi connectivity index (χ4n) is 4.64. The maximum Gasteiger partial charge on any atom is 0.308 e. The zero-order valence-corrected chi connectivity index (χ0v) is 19.7. The SMILES string of the molecule is CC(=O)Oc1cccnc(=O)c1[C@@H](C(C)(C)C)C(C)(C)[C@]1([SiH3])CCCCO1. The summed E-state index contributed by atoms with van der Waals surface area (Å²) >= 11 is 0. The highest BCUT2D eigenvalue weighted by molar-refractivity contribution is 6.15. The third kappa shape index (κ3) is 4.49. The van der Waals surface area contributed by atoms with Crippen molar-refractivity contribution in [2.75, 3.05) is 6.61 Å². The molecule has 0 saturated carbocycles. The second-order valence-electron chi connectivity index (χ2n) is 9.37. The van der Waals surface area contributed by atoms with Crippen molar-refractivity contribution < 1.29 is 14.3 Å². The van der Waals surface area contributed by atoms with Gasteiger partial charge in [0.15, 0.2) is 0 Å². The normalized spacial score (nSPS) is 22.3. The molecule has 5 nitrogen and oxygen atoms in total. The van der Waals surface area contributed by atoms with E-state index in [1.807, 2.05) is 0 Å². The van der Waals surface area contributed by atoms with Crippen LogP contribution in [0.2, 0.25) is 0 Å². The lowest BCUT2D eigenvalue weighted by atomic mass is 9.59. The van der Waals surface area contributed by atoms with Crippen molar-refractivity contribution in [1.82, 2.24) is 4.98 Å². The average molecular weight is 392 g/mol. The summed E-state index contributed by atoms with van der Waals surface area (Å²) in [6.45, 7) is 12.8. The minimum absolute atomic E-state index is 0.192. The summed E-state index contributed by atoms with van der Waals surface area (Å²) in [5.41, 5.74) is -0.462. The number of rotatable bonds is 4. The molecule has 2 rings (SSSR count). The van der Waals surface area contributed by atoms with Gasteiger partial charge >= 0.3 is 5.97 Å². The molecule has 1 aliphatic heterocycles. The number of hydrogen-bond acceptors (Lipinski definition) is 5. The van der Waals surface area contributed by atoms with Gasteiger partial charge in [-0.3, -0.25) is 9.59 Å². The van der Waals surface area contributed by atoms with Crippen LogP contribution >= 0.6 is 0 Å². The van der Waals surface area contributed by atoms with Crippen LogP contribution in [0.15, 0.2) is 23.1 Å². The van der Waals surface area contributed by atoms with E-state index < -0.39 is 5.97 Å². The van der Waals surface area contributed by atoms with Gasteiger partial charge in [-0.15, -0.1) is 0 Å². The molecule has 27 heavy (non-hydrogen) atoms. The highest BCUT2D eigenvalue weighted by Crippen LogP contribution is 2.55. The van der Waals surface area contributed by atoms with Gasteiger partial charge in [0.2, 0.25) is 0 Å². The molecule has 1 fully saturated rings. The Morgan fingerprint density at radius 2 is 1.96 bits per heavy atom. The summed E-state index contributed by atoms with van der Waals surface area (Å²) in [6.07, 6.45) is 4.65. The van der Waals surface area contributed by atoms with E-state index in [0.29, 0.717) is 11.3 Å². The number of nitrogens with zero attached hydrogens (tertiary/aromatic N) is 1. The lowest BCUT2D eigenvalue weighted by Crippen LogP contribution is -2.55. The van der Waals surface area contributed by atoms with E-state index >= 15 is 0 Å². The van der Waals surface area contributed by atoms with Gasteiger partial charge in [0.25, 0.3) is 5.56 Å². The molecule has 2 atom stereocenters. The van der Waals surface area contributed by atoms with Crippen molar-refractivity contribution >= 4 is 16.2 Å². The Bertz CT molecular complexity index is 748. The highest BCUT2D eigenvalue weighted by Gasteiger charge is 2.53. The number of hydrogen-bond donors (Lipinski definition) is 0. The first-order valence-corrected chi connectivity index (χ1v) is 10.7. The van der Waals surface area contributed by atoms with Crippen LogP contribution in [0.25, 0.3) is 0 Å². The average Bonchev–Trinajstić information content (AvgIpc) is 2.69. The molecule has 0 radical (unpaired) electrons. The molecule has 0 N–H and O–H groups in total. The molecule has 1 aromatic rings. The van der Waals surface area contributed by atoms with Crippen LogP contribution in [0.1, 0.15) is 72.3 Å². The molecule has 150 valence electrons. The van der Waals surface area contributed by atoms with Gasteiger partial charge in [0.05, 0.1) is 10.8 Å². The lowest BCUT2D eigenvalue weighted by Gasteiger charge is -2.54. The van der Waals surface area contributed by atoms with Gasteiger partial charge in [-0.1, -0.05) is 34.6 Å². The molecule has 1 aromatic heterocycles. The molecule has 0 unspecified atom stereocenters. The fourth-order valence-corrected chi connectivity index (χ4v) is 5.49. The van der Waals surface area contributed by atoms with Crippen LogP contribution in [0, 0.1) is 10.8 Å². The number of carbonyl (C=O) groups is 1. The number of ether oxygens (including phenoxy) is 2. The molecule has 0 bridgehead atoms. The standard InChI is InChI=1S/C21H33NO4Si/c1-14(23)26-15-10-9-12-22-18(24)16(15)17(19(2,3)4)20(5,6)21(27)11-7-8-13-25-21/h9-10,12,17H,7-8,11,13H2,1-6,27H3/t17-,21+/m0/s1. The highest BCUT2D eigenvalue weighted by atomic mass is 28.1. The summed E-state index contributed by atoms with van der Waals surface area (Å²) < 4.78 is 11.8. The maximum absolute atomic E-state index is 13.0. The van der Waals surface area contributed by atoms with E-state index in [4.69, 9.17) is 9.47 Å². The lowest BCUT2D eigenvalue weighted by molar-refractivity contribution is -0.132. The Morgan fingerprint density at radius 3 is 2.48 bits per heavy atom. The number of aromatic nitrogens is 1. The van der Waals surface area contributed by atoms with Gasteiger partial charge < -0.3 is 9.47 Å². The second kappa shape index (κ2) is 7.84. The largest absolute Gasteiger partial charge is 0.426 e. The fraction of sp³-hybridized carbons (Fsp3) is 0.667. The summed E-state index contributed by atoms with van der Waals surface area (Å²) in [5, 5.41) is -0.252. The Morgan fingerprint density at radius 1 is 1.30 bits per heavy atom. The quantitative estimate of drug-likeness (QED) is 0.583. The molecule has 0 amide bonds. The van der Waals surface area contributed by atoms with Crippen molar-refractivity contribution in [3.8, 4) is 5.75 Å². The van der Waals surface area contributed by atoms with Gasteiger partial charge in [-0.05, 0) is 42.2 Å². The molecule has 0 aromatic carbocycles. The maximum atomic E-state index is 13.0. The Hall–Kier alpha value is -1.53. The van der Waals surface area contributed by atoms with Crippen LogP contribution in [0.5, 0.6) is 5.75 Å². The Balaban J connectivity index is 2.74. The zero-order chi connectivity index (χ0) is 20.5. The van der Waals surface area contributed by atoms with Crippen molar-refractivity contribution in [1.29, 1.82) is 0 Å². The van der Waals surface area contributed by atoms with E-state index in [9.17, 15) is 9.59 Å². The van der Waals surface area contributed by atoms with Gasteiger partial charge in [-0.2, -0.15) is 0 Å². The first kappa shape index (κ1) is 21.8. The molecular weight excluding hydrogens is 358 g/mol. The zero-order valence-electron chi connectivity index (χ0n) is 17.7. The van der Waals surface area contributed by atoms with Gasteiger partial charge in [-0.25, -0.2) is 4.98 Å². The molecule has 0 spiro atoms. The molecule has 2 heterocycles. The third-order valence-electron chi connectivity index (χ3n) is 5.98. The van der Waals surface area contributed by atoms with E-state index in [2.05, 4.69) is 39.6 Å². The Labute approximate surface area is 165 Å². The topological polar surface area (TPSA) is 65.5 Å². The first-order valence-electron chi connectivity index (χ1n) is 9.72. The van der Waals surface area contributed by atoms with Gasteiger partial charge in [0, 0.05) is 35.9 Å². The minimum Gasteiger partial charge on any atom is -0.426 e. The molecule has 1 aliphatic rings. The predicted octanol–water partition coefficient (Wildman–Crippen LogP) is 2.79. The van der Waals surface area contributed by atoms with Crippen LogP contribution < -0.4 is 10.3 Å². The smallest absolute Gasteiger partial charge is 0.308 e. The number of esters is 1. The van der Waals surface area contributed by atoms with E-state index in [0.717, 1.165) is 36.1 Å². The van der Waals surface area contributed by atoms with Crippen molar-refractivity contribution in [3.05, 3.63) is 34.2 Å². The van der Waals surface area contributed by atoms with Crippen LogP contribution in [-0.4, -0.2) is 33.0 Å². The van der Waals surface area contributed by atoms with Gasteiger partial charge in [0.1, 0.15) is 5.75 Å². The molecule has 1 saturated heterocycles. The van der Waals surface area contributed by atoms with Crippen LogP contribution in [0.3, 0.4) is 0 Å². The van der Waals surface area contributed by atoms with Crippen molar-refractivity contribution in [2.24, 2.45) is 10.8 Å². The van der Waals surface area contributed by atoms with Crippen LogP contribution in [0.4, 0.5) is 0 Å². The van der Waals surface area contributed by atoms with E-state index in [1.165, 1.54) is 13.1 Å². The third-order valence-corrected chi connectivity index (χ3v) is 8.06. The van der Waals surface area contributed by atoms with Crippen LogP contribution in [-0.2, 0) is 9.53 Å². The predicted molar refractivity (Wildman–Crippen MR) is 110 cm³/mol. The molecular formula is C21H33NO4Si. The van der Waals surface area contributed by atoms with E-state index in [1.54, 1.807) is 12.1 Å². The van der Waals surface area contributed by atoms with E-state index in [-0.39, 0.29) is 27.5 Å². The Kier molecular flexibility index (Phi) is 6.32. The number of carbonyl (C=O) groups excluding carboxylic acids is 1. The summed E-state index contributed by atoms with van der Waals surface area (Å²) in [6, 6.07) is 3.31. The monoisotopic (exact) mass is 391 g/mol. The van der Waals surface area contributed by atoms with Crippen molar-refractivity contribution in [2.45, 2.75) is 71.9 Å². The first-order chi connectivity index (χ1) is 12.4. The summed E-state index contributed by atoms with van der Waals surface area (Å²) in [7, 11) is 0.854. The summed E-state index contributed by atoms with van der Waals surface area (Å²) in [5.74, 6) is -0.330. The summed E-state index contributed by atoms with van der Waals surface area (Å²) in [4.78, 5) is 28.8. The minimum atomic E-state index is -0.443. The molecule has 6 heteroatoms. The second-order valence-corrected chi connectivity index (χ2v) is 11.0. The molecule has 0 aliphatic carbocycles. The van der Waals surface area contributed by atoms with Crippen molar-refractivity contribution in [3.63, 3.8) is 0 Å².